The molecule has 2 nitrogen and oxygen atoms in total. The first kappa shape index (κ1) is 38.5. The number of benzene rings is 11. The number of anilines is 6. The average molecular weight is 817 g/mol. The topological polar surface area (TPSA) is 6.48 Å². The van der Waals surface area contributed by atoms with Gasteiger partial charge in [0.25, 0.3) is 0 Å². The Balaban J connectivity index is 1.19. The molecule has 0 heterocycles. The first-order valence-corrected chi connectivity index (χ1v) is 21.9. The minimum absolute atomic E-state index is 1.08. The van der Waals surface area contributed by atoms with E-state index in [4.69, 9.17) is 0 Å². The zero-order chi connectivity index (χ0) is 42.7. The van der Waals surface area contributed by atoms with Crippen LogP contribution in [0.3, 0.4) is 0 Å². The van der Waals surface area contributed by atoms with E-state index < -0.39 is 0 Å². The first-order chi connectivity index (χ1) is 31.7. The SMILES string of the molecule is C(=C\c1ccc(N(c2ccccc2)c2c3cc4ccccc4cc3c(N(c3ccccc3)c3ccc(/C=C/c4ccccc4)cc3)c3cc4ccccc4cc23)cc1)/c1ccccc1. The van der Waals surface area contributed by atoms with Gasteiger partial charge in [0.05, 0.1) is 11.4 Å². The Hall–Kier alpha value is -8.46. The van der Waals surface area contributed by atoms with Crippen molar-refractivity contribution < 1.29 is 0 Å². The monoisotopic (exact) mass is 816 g/mol. The van der Waals surface area contributed by atoms with Crippen LogP contribution in [0.4, 0.5) is 34.1 Å². The predicted molar refractivity (Wildman–Crippen MR) is 277 cm³/mol. The van der Waals surface area contributed by atoms with Gasteiger partial charge in [-0.3, -0.25) is 0 Å². The van der Waals surface area contributed by atoms with E-state index in [0.717, 1.165) is 66.8 Å². The predicted octanol–water partition coefficient (Wildman–Crippen LogP) is 17.6. The Morgan fingerprint density at radius 3 is 0.750 bits per heavy atom. The third-order valence-corrected chi connectivity index (χ3v) is 12.1. The molecule has 0 saturated heterocycles. The van der Waals surface area contributed by atoms with Gasteiger partial charge >= 0.3 is 0 Å². The van der Waals surface area contributed by atoms with E-state index in [1.54, 1.807) is 0 Å². The lowest BCUT2D eigenvalue weighted by atomic mass is 9.91. The molecule has 0 N–H and O–H groups in total. The Morgan fingerprint density at radius 2 is 0.453 bits per heavy atom. The van der Waals surface area contributed by atoms with Crippen molar-refractivity contribution in [2.24, 2.45) is 0 Å². The molecule has 0 aliphatic rings. The van der Waals surface area contributed by atoms with Crippen LogP contribution in [-0.2, 0) is 0 Å². The van der Waals surface area contributed by atoms with E-state index in [-0.39, 0.29) is 0 Å². The number of para-hydroxylation sites is 2. The lowest BCUT2D eigenvalue weighted by molar-refractivity contribution is 1.29. The smallest absolute Gasteiger partial charge is 0.0620 e. The summed E-state index contributed by atoms with van der Waals surface area (Å²) in [7, 11) is 0. The van der Waals surface area contributed by atoms with Crippen molar-refractivity contribution in [2.75, 3.05) is 9.80 Å². The third-order valence-electron chi connectivity index (χ3n) is 12.1. The molecule has 0 saturated carbocycles. The zero-order valence-corrected chi connectivity index (χ0v) is 35.3. The highest BCUT2D eigenvalue weighted by atomic mass is 15.2. The van der Waals surface area contributed by atoms with Crippen molar-refractivity contribution >= 4 is 102 Å². The highest BCUT2D eigenvalue weighted by Gasteiger charge is 2.26. The van der Waals surface area contributed by atoms with Crippen LogP contribution in [0.25, 0.3) is 67.4 Å². The van der Waals surface area contributed by atoms with Crippen molar-refractivity contribution in [1.82, 2.24) is 0 Å². The van der Waals surface area contributed by atoms with Gasteiger partial charge in [0.1, 0.15) is 0 Å². The molecule has 64 heavy (non-hydrogen) atoms. The average Bonchev–Trinajstić information content (AvgIpc) is 3.37. The second-order valence-corrected chi connectivity index (χ2v) is 16.2. The van der Waals surface area contributed by atoms with Crippen LogP contribution in [0.5, 0.6) is 0 Å². The fourth-order valence-corrected chi connectivity index (χ4v) is 8.99. The van der Waals surface area contributed by atoms with E-state index in [1.807, 2.05) is 0 Å². The minimum atomic E-state index is 1.08. The second kappa shape index (κ2) is 17.1. The number of hydrogen-bond acceptors (Lipinski definition) is 2. The van der Waals surface area contributed by atoms with Crippen molar-refractivity contribution in [3.05, 3.63) is 265 Å². The largest absolute Gasteiger partial charge is 0.309 e. The van der Waals surface area contributed by atoms with Crippen LogP contribution in [0, 0.1) is 0 Å². The summed E-state index contributed by atoms with van der Waals surface area (Å²) in [6.07, 6.45) is 8.73. The molecule has 0 bridgehead atoms. The number of rotatable bonds is 10. The summed E-state index contributed by atoms with van der Waals surface area (Å²) in [4.78, 5) is 4.92. The van der Waals surface area contributed by atoms with Gasteiger partial charge in [-0.25, -0.2) is 0 Å². The molecular weight excluding hydrogens is 773 g/mol. The van der Waals surface area contributed by atoms with Crippen molar-refractivity contribution in [3.8, 4) is 0 Å². The number of hydrogen-bond donors (Lipinski definition) is 0. The van der Waals surface area contributed by atoms with Gasteiger partial charge in [-0.05, 0) is 117 Å². The molecule has 302 valence electrons. The van der Waals surface area contributed by atoms with Gasteiger partial charge < -0.3 is 9.80 Å². The maximum atomic E-state index is 2.46. The molecule has 11 rings (SSSR count). The summed E-state index contributed by atoms with van der Waals surface area (Å²) in [6, 6.07) is 87.7. The molecule has 0 atom stereocenters. The number of nitrogens with zero attached hydrogens (tertiary/aromatic N) is 2. The van der Waals surface area contributed by atoms with E-state index in [1.165, 1.54) is 32.7 Å². The highest BCUT2D eigenvalue weighted by molar-refractivity contribution is 6.27. The minimum Gasteiger partial charge on any atom is -0.309 e. The van der Waals surface area contributed by atoms with E-state index in [9.17, 15) is 0 Å². The molecule has 0 radical (unpaired) electrons. The second-order valence-electron chi connectivity index (χ2n) is 16.2. The highest BCUT2D eigenvalue weighted by Crippen LogP contribution is 2.52. The Kier molecular flexibility index (Phi) is 10.3. The molecule has 0 fully saturated rings. The van der Waals surface area contributed by atoms with Crippen LogP contribution < -0.4 is 9.80 Å². The Labute approximate surface area is 374 Å². The molecule has 0 amide bonds. The van der Waals surface area contributed by atoms with Crippen LogP contribution in [0.15, 0.2) is 243 Å². The molecular formula is C62H44N2. The summed E-state index contributed by atoms with van der Waals surface area (Å²) in [5.74, 6) is 0. The van der Waals surface area contributed by atoms with Gasteiger partial charge in [-0.1, -0.05) is 194 Å². The van der Waals surface area contributed by atoms with Crippen molar-refractivity contribution in [2.45, 2.75) is 0 Å². The molecule has 2 heteroatoms. The standard InChI is InChI=1S/C62H44N2/c1-5-17-45(18-6-1)29-31-47-33-37-55(38-34-47)63(53-25-9-3-10-26-53)61-57-41-49-21-13-15-23-51(49)43-59(57)62(60-44-52-24-16-14-22-50(52)42-58(60)61)64(54-27-11-4-12-28-54)56-39-35-48(36-40-56)32-30-46-19-7-2-8-20-46/h1-44H/b31-29+,32-30+. The molecule has 0 spiro atoms. The van der Waals surface area contributed by atoms with E-state index in [0.29, 0.717) is 0 Å². The Bertz CT molecular complexity index is 3120. The van der Waals surface area contributed by atoms with Gasteiger partial charge in [0, 0.05) is 44.3 Å². The fourth-order valence-electron chi connectivity index (χ4n) is 8.99. The quantitative estimate of drug-likeness (QED) is 0.0771. The summed E-state index contributed by atoms with van der Waals surface area (Å²) >= 11 is 0. The lowest BCUT2D eigenvalue weighted by Gasteiger charge is -2.33. The van der Waals surface area contributed by atoms with E-state index >= 15 is 0 Å². The lowest BCUT2D eigenvalue weighted by Crippen LogP contribution is -2.14. The molecule has 0 aromatic heterocycles. The fraction of sp³-hybridized carbons (Fsp3) is 0. The summed E-state index contributed by atoms with van der Waals surface area (Å²) in [5, 5.41) is 9.42. The Morgan fingerprint density at radius 1 is 0.219 bits per heavy atom. The van der Waals surface area contributed by atoms with Crippen molar-refractivity contribution in [3.63, 3.8) is 0 Å². The summed E-state index contributed by atoms with van der Waals surface area (Å²) < 4.78 is 0. The van der Waals surface area contributed by atoms with E-state index in [2.05, 4.69) is 277 Å². The maximum Gasteiger partial charge on any atom is 0.0620 e. The molecule has 0 aliphatic heterocycles. The van der Waals surface area contributed by atoms with Crippen LogP contribution in [-0.4, -0.2) is 0 Å². The summed E-state index contributed by atoms with van der Waals surface area (Å²) in [6.45, 7) is 0. The van der Waals surface area contributed by atoms with Gasteiger partial charge in [-0.2, -0.15) is 0 Å². The van der Waals surface area contributed by atoms with Gasteiger partial charge in [-0.15, -0.1) is 0 Å². The van der Waals surface area contributed by atoms with Crippen LogP contribution >= 0.6 is 0 Å². The summed E-state index contributed by atoms with van der Waals surface area (Å²) in [5.41, 5.74) is 11.3. The van der Waals surface area contributed by atoms with Crippen LogP contribution in [0.1, 0.15) is 22.3 Å². The van der Waals surface area contributed by atoms with Crippen molar-refractivity contribution in [1.29, 1.82) is 0 Å². The maximum absolute atomic E-state index is 2.46. The van der Waals surface area contributed by atoms with Gasteiger partial charge in [0.2, 0.25) is 0 Å². The molecule has 11 aromatic carbocycles. The molecule has 0 unspecified atom stereocenters. The number of fused-ring (bicyclic) bond motifs is 4. The van der Waals surface area contributed by atoms with Crippen LogP contribution in [0.2, 0.25) is 0 Å². The molecule has 0 aliphatic carbocycles. The molecule has 11 aromatic rings. The third kappa shape index (κ3) is 7.59. The normalized spacial score (nSPS) is 11.6. The first-order valence-electron chi connectivity index (χ1n) is 21.9. The van der Waals surface area contributed by atoms with Gasteiger partial charge in [0.15, 0.2) is 0 Å². The zero-order valence-electron chi connectivity index (χ0n) is 35.3.